The minimum atomic E-state index is -0.580. The molecule has 100 valence electrons. The van der Waals surface area contributed by atoms with Gasteiger partial charge in [0.1, 0.15) is 12.6 Å². The maximum Gasteiger partial charge on any atom is 0.317 e. The Kier molecular flexibility index (Phi) is 5.29. The molecule has 1 aromatic rings. The van der Waals surface area contributed by atoms with Crippen molar-refractivity contribution in [2.45, 2.75) is 13.3 Å². The Morgan fingerprint density at radius 2 is 2.32 bits per heavy atom. The van der Waals surface area contributed by atoms with Crippen molar-refractivity contribution in [1.82, 2.24) is 4.98 Å². The summed E-state index contributed by atoms with van der Waals surface area (Å²) in [6.45, 7) is 1.97. The second-order valence-corrected chi connectivity index (χ2v) is 3.29. The second kappa shape index (κ2) is 6.96. The zero-order valence-corrected chi connectivity index (χ0v) is 10.5. The Labute approximate surface area is 109 Å². The normalized spacial score (nSPS) is 9.16. The number of aromatic nitrogens is 1. The minimum Gasteiger partial charge on any atom is -0.480 e. The molecule has 0 aliphatic carbocycles. The molecule has 0 saturated carbocycles. The van der Waals surface area contributed by atoms with Crippen LogP contribution in [0.3, 0.4) is 0 Å². The number of pyridine rings is 1. The van der Waals surface area contributed by atoms with E-state index in [2.05, 4.69) is 16.8 Å². The van der Waals surface area contributed by atoms with E-state index in [4.69, 9.17) is 9.47 Å². The smallest absolute Gasteiger partial charge is 0.317 e. The first-order valence-electron chi connectivity index (χ1n) is 5.41. The topological polar surface area (TPSA) is 91.6 Å². The molecule has 0 spiro atoms. The molecule has 0 N–H and O–H groups in total. The third-order valence-corrected chi connectivity index (χ3v) is 2.00. The van der Waals surface area contributed by atoms with Gasteiger partial charge in [-0.2, -0.15) is 0 Å². The van der Waals surface area contributed by atoms with Gasteiger partial charge in [0, 0.05) is 6.07 Å². The molecule has 1 heterocycles. The average molecular weight is 264 g/mol. The molecule has 0 aromatic carbocycles. The zero-order valence-electron chi connectivity index (χ0n) is 10.5. The van der Waals surface area contributed by atoms with Crippen LogP contribution in [0.15, 0.2) is 12.3 Å². The van der Waals surface area contributed by atoms with Crippen LogP contribution in [0.4, 0.5) is 5.69 Å². The quantitative estimate of drug-likeness (QED) is 0.352. The Hall–Kier alpha value is -2.62. The summed E-state index contributed by atoms with van der Waals surface area (Å²) in [7, 11) is 1.38. The molecule has 0 radical (unpaired) electrons. The molecule has 0 unspecified atom stereocenters. The van der Waals surface area contributed by atoms with Crippen LogP contribution >= 0.6 is 0 Å². The molecular formula is C12H12N2O5. The highest BCUT2D eigenvalue weighted by Gasteiger charge is 2.11. The number of hydrogen-bond donors (Lipinski definition) is 0. The van der Waals surface area contributed by atoms with Crippen LogP contribution in [0, 0.1) is 22.0 Å². The van der Waals surface area contributed by atoms with Gasteiger partial charge in [-0.25, -0.2) is 4.98 Å². The molecule has 0 aliphatic heterocycles. The van der Waals surface area contributed by atoms with E-state index in [1.807, 2.05) is 0 Å². The van der Waals surface area contributed by atoms with Gasteiger partial charge in [0.15, 0.2) is 0 Å². The summed E-state index contributed by atoms with van der Waals surface area (Å²) in [6.07, 6.45) is 0.981. The van der Waals surface area contributed by atoms with Crippen LogP contribution in [0.25, 0.3) is 0 Å². The van der Waals surface area contributed by atoms with E-state index in [0.717, 1.165) is 6.20 Å². The number of nitrogens with zero attached hydrogens (tertiary/aromatic N) is 2. The number of carbonyl (C=O) groups excluding carboxylic acids is 1. The lowest BCUT2D eigenvalue weighted by Crippen LogP contribution is -2.01. The summed E-state index contributed by atoms with van der Waals surface area (Å²) in [6, 6.07) is 1.24. The minimum absolute atomic E-state index is 0.0975. The summed E-state index contributed by atoms with van der Waals surface area (Å²) >= 11 is 0. The summed E-state index contributed by atoms with van der Waals surface area (Å²) in [5.74, 6) is 4.88. The first-order chi connectivity index (χ1) is 9.08. The fourth-order valence-corrected chi connectivity index (χ4v) is 1.22. The van der Waals surface area contributed by atoms with Crippen LogP contribution in [0.5, 0.6) is 5.88 Å². The molecule has 0 atom stereocenters. The fraction of sp³-hybridized carbons (Fsp3) is 0.333. The predicted octanol–water partition coefficient (Wildman–Crippen LogP) is 1.30. The van der Waals surface area contributed by atoms with E-state index in [0.29, 0.717) is 0 Å². The number of esters is 1. The van der Waals surface area contributed by atoms with Crippen molar-refractivity contribution in [2.24, 2.45) is 0 Å². The van der Waals surface area contributed by atoms with Gasteiger partial charge in [0.05, 0.1) is 24.2 Å². The van der Waals surface area contributed by atoms with Crippen molar-refractivity contribution in [1.29, 1.82) is 0 Å². The largest absolute Gasteiger partial charge is 0.480 e. The standard InChI is InChI=1S/C12H12N2O5/c1-3-19-11(15)6-4-5-9-7-10(14(16)17)8-13-12(9)18-2/h7-8H,3,6H2,1-2H3. The third-order valence-electron chi connectivity index (χ3n) is 2.00. The average Bonchev–Trinajstić information content (AvgIpc) is 2.38. The highest BCUT2D eigenvalue weighted by molar-refractivity contribution is 5.72. The van der Waals surface area contributed by atoms with Crippen molar-refractivity contribution < 1.29 is 19.2 Å². The number of ether oxygens (including phenoxy) is 2. The molecule has 0 aliphatic rings. The van der Waals surface area contributed by atoms with Crippen molar-refractivity contribution in [2.75, 3.05) is 13.7 Å². The van der Waals surface area contributed by atoms with E-state index in [9.17, 15) is 14.9 Å². The van der Waals surface area contributed by atoms with E-state index >= 15 is 0 Å². The van der Waals surface area contributed by atoms with Crippen LogP contribution in [-0.4, -0.2) is 29.6 Å². The lowest BCUT2D eigenvalue weighted by molar-refractivity contribution is -0.385. The number of nitro groups is 1. The van der Waals surface area contributed by atoms with Crippen molar-refractivity contribution in [3.63, 3.8) is 0 Å². The predicted molar refractivity (Wildman–Crippen MR) is 65.6 cm³/mol. The van der Waals surface area contributed by atoms with Gasteiger partial charge >= 0.3 is 5.97 Å². The van der Waals surface area contributed by atoms with E-state index < -0.39 is 10.9 Å². The van der Waals surface area contributed by atoms with Gasteiger partial charge in [0.25, 0.3) is 5.69 Å². The van der Waals surface area contributed by atoms with Crippen LogP contribution in [-0.2, 0) is 9.53 Å². The maximum absolute atomic E-state index is 11.1. The molecule has 7 heteroatoms. The van der Waals surface area contributed by atoms with E-state index in [-0.39, 0.29) is 30.2 Å². The first kappa shape index (κ1) is 14.4. The molecule has 0 amide bonds. The summed E-state index contributed by atoms with van der Waals surface area (Å²) < 4.78 is 9.63. The number of rotatable bonds is 4. The molecule has 7 nitrogen and oxygen atoms in total. The van der Waals surface area contributed by atoms with Crippen LogP contribution in [0.1, 0.15) is 18.9 Å². The highest BCUT2D eigenvalue weighted by atomic mass is 16.6. The van der Waals surface area contributed by atoms with Crippen LogP contribution < -0.4 is 4.74 Å². The van der Waals surface area contributed by atoms with E-state index in [1.54, 1.807) is 6.92 Å². The lowest BCUT2D eigenvalue weighted by Gasteiger charge is -2.00. The molecule has 0 saturated heterocycles. The van der Waals surface area contributed by atoms with Gasteiger partial charge in [-0.05, 0) is 6.92 Å². The Balaban J connectivity index is 2.92. The Bertz CT molecular complexity index is 545. The summed E-state index contributed by atoms with van der Waals surface area (Å²) in [5, 5.41) is 10.6. The van der Waals surface area contributed by atoms with Crippen molar-refractivity contribution in [3.05, 3.63) is 27.9 Å². The number of carbonyl (C=O) groups is 1. The third kappa shape index (κ3) is 4.27. The number of hydrogen-bond acceptors (Lipinski definition) is 6. The summed E-state index contributed by atoms with van der Waals surface area (Å²) in [4.78, 5) is 24.9. The lowest BCUT2D eigenvalue weighted by atomic mass is 10.2. The molecule has 1 rings (SSSR count). The highest BCUT2D eigenvalue weighted by Crippen LogP contribution is 2.19. The zero-order chi connectivity index (χ0) is 14.3. The van der Waals surface area contributed by atoms with Crippen molar-refractivity contribution >= 4 is 11.7 Å². The molecule has 19 heavy (non-hydrogen) atoms. The van der Waals surface area contributed by atoms with Gasteiger partial charge in [-0.1, -0.05) is 11.8 Å². The fourth-order valence-electron chi connectivity index (χ4n) is 1.22. The van der Waals surface area contributed by atoms with Gasteiger partial charge in [0.2, 0.25) is 5.88 Å². The van der Waals surface area contributed by atoms with Gasteiger partial charge in [-0.3, -0.25) is 14.9 Å². The van der Waals surface area contributed by atoms with E-state index in [1.165, 1.54) is 13.2 Å². The SMILES string of the molecule is CCOC(=O)CC#Cc1cc([N+](=O)[O-])cnc1OC. The Morgan fingerprint density at radius 3 is 2.89 bits per heavy atom. The first-order valence-corrected chi connectivity index (χ1v) is 5.41. The molecule has 1 aromatic heterocycles. The molecule has 0 bridgehead atoms. The molecular weight excluding hydrogens is 252 g/mol. The summed E-state index contributed by atoms with van der Waals surface area (Å²) in [5.41, 5.74) is 0.0576. The van der Waals surface area contributed by atoms with Crippen molar-refractivity contribution in [3.8, 4) is 17.7 Å². The number of methoxy groups -OCH3 is 1. The van der Waals surface area contributed by atoms with Gasteiger partial charge in [-0.15, -0.1) is 0 Å². The molecule has 0 fully saturated rings. The Morgan fingerprint density at radius 1 is 1.58 bits per heavy atom. The second-order valence-electron chi connectivity index (χ2n) is 3.29. The monoisotopic (exact) mass is 264 g/mol. The van der Waals surface area contributed by atoms with Crippen LogP contribution in [0.2, 0.25) is 0 Å². The van der Waals surface area contributed by atoms with Gasteiger partial charge < -0.3 is 9.47 Å². The maximum atomic E-state index is 11.1.